The number of rotatable bonds is 3. The Morgan fingerprint density at radius 1 is 1.41 bits per heavy atom. The number of hydrogen-bond acceptors (Lipinski definition) is 7. The summed E-state index contributed by atoms with van der Waals surface area (Å²) in [7, 11) is 0. The maximum absolute atomic E-state index is 12.3. The average Bonchev–Trinajstić information content (AvgIpc) is 3.04. The summed E-state index contributed by atoms with van der Waals surface area (Å²) < 4.78 is 11.0. The first-order chi connectivity index (χ1) is 12.5. The minimum atomic E-state index is -1.16. The minimum absolute atomic E-state index is 0.105. The molecule has 0 bridgehead atoms. The third kappa shape index (κ3) is 2.82. The smallest absolute Gasteiger partial charge is 0.334 e. The highest BCUT2D eigenvalue weighted by Gasteiger charge is 2.67. The van der Waals surface area contributed by atoms with Crippen molar-refractivity contribution in [2.75, 3.05) is 0 Å². The maximum atomic E-state index is 12.3. The van der Waals surface area contributed by atoms with Crippen LogP contribution in [-0.2, 0) is 19.1 Å². The van der Waals surface area contributed by atoms with Crippen LogP contribution in [0.4, 0.5) is 0 Å². The average molecular weight is 382 g/mol. The van der Waals surface area contributed by atoms with Gasteiger partial charge in [-0.15, -0.1) is 0 Å². The van der Waals surface area contributed by atoms with E-state index < -0.39 is 59.7 Å². The lowest BCUT2D eigenvalue weighted by molar-refractivity contribution is -0.160. The van der Waals surface area contributed by atoms with Crippen LogP contribution in [0.3, 0.4) is 0 Å². The minimum Gasteiger partial charge on any atom is -0.462 e. The van der Waals surface area contributed by atoms with Gasteiger partial charge in [-0.1, -0.05) is 34.3 Å². The van der Waals surface area contributed by atoms with Crippen molar-refractivity contribution in [1.82, 2.24) is 0 Å². The number of carbonyl (C=O) groups is 2. The maximum Gasteiger partial charge on any atom is 0.334 e. The number of carbonyl (C=O) groups excluding carboxylic acids is 2. The van der Waals surface area contributed by atoms with Crippen LogP contribution in [0, 0.1) is 29.1 Å². The molecule has 3 fully saturated rings. The van der Waals surface area contributed by atoms with Gasteiger partial charge in [0.05, 0.1) is 30.1 Å². The second kappa shape index (κ2) is 6.87. The second-order valence-corrected chi connectivity index (χ2v) is 8.64. The molecule has 0 aromatic carbocycles. The summed E-state index contributed by atoms with van der Waals surface area (Å²) in [5, 5.41) is 32.9. The van der Waals surface area contributed by atoms with Crippen molar-refractivity contribution in [2.24, 2.45) is 29.1 Å². The van der Waals surface area contributed by atoms with Crippen LogP contribution in [0.2, 0.25) is 0 Å². The Morgan fingerprint density at radius 2 is 2.04 bits per heavy atom. The monoisotopic (exact) mass is 382 g/mol. The first-order valence-corrected chi connectivity index (χ1v) is 9.70. The molecule has 10 atom stereocenters. The Morgan fingerprint density at radius 3 is 2.63 bits per heavy atom. The topological polar surface area (TPSA) is 113 Å². The molecule has 3 N–H and O–H groups in total. The highest BCUT2D eigenvalue weighted by molar-refractivity contribution is 5.91. The predicted molar refractivity (Wildman–Crippen MR) is 95.2 cm³/mol. The highest BCUT2D eigenvalue weighted by atomic mass is 16.6. The molecule has 1 heterocycles. The second-order valence-electron chi connectivity index (χ2n) is 8.64. The van der Waals surface area contributed by atoms with Gasteiger partial charge >= 0.3 is 11.9 Å². The van der Waals surface area contributed by atoms with Crippen molar-refractivity contribution in [3.63, 3.8) is 0 Å². The van der Waals surface area contributed by atoms with Crippen molar-refractivity contribution in [1.29, 1.82) is 0 Å². The summed E-state index contributed by atoms with van der Waals surface area (Å²) in [5.41, 5.74) is -0.968. The molecule has 7 nitrogen and oxygen atoms in total. The lowest BCUT2D eigenvalue weighted by atomic mass is 9.67. The van der Waals surface area contributed by atoms with Gasteiger partial charge in [-0.05, 0) is 12.3 Å². The fraction of sp³-hybridized carbons (Fsp3) is 0.800. The molecule has 3 rings (SSSR count). The molecule has 1 aliphatic heterocycles. The summed E-state index contributed by atoms with van der Waals surface area (Å²) >= 11 is 0. The normalized spacial score (nSPS) is 47.7. The van der Waals surface area contributed by atoms with Crippen LogP contribution < -0.4 is 0 Å². The van der Waals surface area contributed by atoms with E-state index in [4.69, 9.17) is 9.47 Å². The molecule has 0 amide bonds. The summed E-state index contributed by atoms with van der Waals surface area (Å²) in [6.45, 7) is 10.9. The largest absolute Gasteiger partial charge is 0.462 e. The zero-order chi connectivity index (χ0) is 20.3. The zero-order valence-electron chi connectivity index (χ0n) is 16.3. The van der Waals surface area contributed by atoms with E-state index in [0.717, 1.165) is 0 Å². The fourth-order valence-corrected chi connectivity index (χ4v) is 5.25. The molecule has 0 radical (unpaired) electrons. The van der Waals surface area contributed by atoms with Gasteiger partial charge in [-0.25, -0.2) is 4.79 Å². The highest BCUT2D eigenvalue weighted by Crippen LogP contribution is 2.57. The van der Waals surface area contributed by atoms with Crippen LogP contribution in [0.1, 0.15) is 40.5 Å². The van der Waals surface area contributed by atoms with E-state index in [2.05, 4.69) is 6.58 Å². The van der Waals surface area contributed by atoms with Gasteiger partial charge in [0.15, 0.2) is 0 Å². The molecule has 1 saturated heterocycles. The Bertz CT molecular complexity index is 646. The van der Waals surface area contributed by atoms with Crippen LogP contribution in [0.15, 0.2) is 12.2 Å². The number of aliphatic hydroxyl groups excluding tert-OH is 3. The molecule has 3 aliphatic rings. The lowest BCUT2D eigenvalue weighted by Gasteiger charge is -2.41. The molecular formula is C20H30O7. The Labute approximate surface area is 159 Å². The summed E-state index contributed by atoms with van der Waals surface area (Å²) in [5.74, 6) is -3.01. The molecule has 152 valence electrons. The first kappa shape index (κ1) is 20.3. The van der Waals surface area contributed by atoms with Crippen molar-refractivity contribution in [3.05, 3.63) is 12.2 Å². The van der Waals surface area contributed by atoms with Gasteiger partial charge in [0.25, 0.3) is 0 Å². The van der Waals surface area contributed by atoms with E-state index in [1.165, 1.54) is 0 Å². The number of fused-ring (bicyclic) bond motifs is 2. The van der Waals surface area contributed by atoms with Gasteiger partial charge in [0, 0.05) is 23.3 Å². The SMILES string of the molecule is C=C1C(=O)OC2C(O)C(C)C3C(OC(=O)C(C)CC)CC(O)C3(C)C(O)C12. The van der Waals surface area contributed by atoms with E-state index in [1.54, 1.807) is 20.8 Å². The van der Waals surface area contributed by atoms with Crippen LogP contribution in [-0.4, -0.2) is 57.8 Å². The number of aliphatic hydroxyl groups is 3. The van der Waals surface area contributed by atoms with Gasteiger partial charge < -0.3 is 24.8 Å². The molecule has 0 aromatic rings. The van der Waals surface area contributed by atoms with Crippen molar-refractivity contribution in [2.45, 2.75) is 71.1 Å². The Balaban J connectivity index is 1.99. The Hall–Kier alpha value is -1.44. The van der Waals surface area contributed by atoms with E-state index in [1.807, 2.05) is 6.92 Å². The predicted octanol–water partition coefficient (Wildman–Crippen LogP) is 0.801. The van der Waals surface area contributed by atoms with E-state index in [0.29, 0.717) is 6.42 Å². The van der Waals surface area contributed by atoms with E-state index >= 15 is 0 Å². The zero-order valence-corrected chi connectivity index (χ0v) is 16.3. The number of esters is 2. The van der Waals surface area contributed by atoms with Crippen molar-refractivity contribution >= 4 is 11.9 Å². The summed E-state index contributed by atoms with van der Waals surface area (Å²) in [6, 6.07) is 0. The quantitative estimate of drug-likeness (QED) is 0.489. The summed E-state index contributed by atoms with van der Waals surface area (Å²) in [4.78, 5) is 24.3. The van der Waals surface area contributed by atoms with Gasteiger partial charge in [0.2, 0.25) is 0 Å². The van der Waals surface area contributed by atoms with Crippen molar-refractivity contribution in [3.8, 4) is 0 Å². The molecule has 2 aliphatic carbocycles. The molecule has 27 heavy (non-hydrogen) atoms. The van der Waals surface area contributed by atoms with Crippen LogP contribution in [0.25, 0.3) is 0 Å². The molecule has 0 aromatic heterocycles. The molecular weight excluding hydrogens is 352 g/mol. The van der Waals surface area contributed by atoms with Crippen molar-refractivity contribution < 1.29 is 34.4 Å². The van der Waals surface area contributed by atoms with Crippen LogP contribution >= 0.6 is 0 Å². The molecule has 7 heteroatoms. The van der Waals surface area contributed by atoms with E-state index in [9.17, 15) is 24.9 Å². The fourth-order valence-electron chi connectivity index (χ4n) is 5.25. The third-order valence-electron chi connectivity index (χ3n) is 7.26. The molecule has 10 unspecified atom stereocenters. The third-order valence-corrected chi connectivity index (χ3v) is 7.26. The van der Waals surface area contributed by atoms with Crippen LogP contribution in [0.5, 0.6) is 0 Å². The number of hydrogen-bond donors (Lipinski definition) is 3. The molecule has 0 spiro atoms. The van der Waals surface area contributed by atoms with E-state index in [-0.39, 0.29) is 23.9 Å². The summed E-state index contributed by atoms with van der Waals surface area (Å²) in [6.07, 6.45) is -3.91. The van der Waals surface area contributed by atoms with Gasteiger partial charge in [0.1, 0.15) is 12.2 Å². The first-order valence-electron chi connectivity index (χ1n) is 9.70. The van der Waals surface area contributed by atoms with Gasteiger partial charge in [-0.2, -0.15) is 0 Å². The number of ether oxygens (including phenoxy) is 2. The molecule has 2 saturated carbocycles. The Kier molecular flexibility index (Phi) is 5.16. The standard InChI is InChI=1S/C20H30O7/c1-6-8(2)18(24)26-11-7-12(21)20(5)14(11)10(4)15(22)16-13(17(20)23)9(3)19(25)27-16/h8,10-17,21-23H,3,6-7H2,1-2,4-5H3. The van der Waals surface area contributed by atoms with Gasteiger partial charge in [-0.3, -0.25) is 4.79 Å². The lowest BCUT2D eigenvalue weighted by Crippen LogP contribution is -2.49.